The van der Waals surface area contributed by atoms with Crippen LogP contribution in [0.4, 0.5) is 5.82 Å². The number of carbonyl (C=O) groups excluding carboxylic acids is 1. The van der Waals surface area contributed by atoms with Crippen LogP contribution in [0.25, 0.3) is 0 Å². The van der Waals surface area contributed by atoms with Gasteiger partial charge in [-0.3, -0.25) is 0 Å². The van der Waals surface area contributed by atoms with Gasteiger partial charge in [0.15, 0.2) is 5.69 Å². The maximum absolute atomic E-state index is 11.2. The van der Waals surface area contributed by atoms with Crippen LogP contribution in [0, 0.1) is 0 Å². The Bertz CT molecular complexity index is 357. The predicted molar refractivity (Wildman–Crippen MR) is 52.9 cm³/mol. The van der Waals surface area contributed by atoms with E-state index in [1.54, 1.807) is 10.6 Å². The fourth-order valence-electron chi connectivity index (χ4n) is 1.06. The summed E-state index contributed by atoms with van der Waals surface area (Å²) in [6.45, 7) is 5.53. The normalized spacial score (nSPS) is 12.1. The van der Waals surface area contributed by atoms with Gasteiger partial charge >= 0.3 is 5.97 Å². The number of nitrogens with two attached hydrogens (primary N) is 1. The van der Waals surface area contributed by atoms with Gasteiger partial charge in [-0.25, -0.2) is 9.78 Å². The summed E-state index contributed by atoms with van der Waals surface area (Å²) in [6, 6.07) is 0.000839. The van der Waals surface area contributed by atoms with Crippen molar-refractivity contribution in [2.24, 2.45) is 0 Å². The highest BCUT2D eigenvalue weighted by Gasteiger charge is 2.17. The maximum atomic E-state index is 11.2. The van der Waals surface area contributed by atoms with Crippen molar-refractivity contribution in [3.63, 3.8) is 0 Å². The lowest BCUT2D eigenvalue weighted by Gasteiger charge is -2.09. The molecule has 14 heavy (non-hydrogen) atoms. The Morgan fingerprint density at radius 2 is 2.50 bits per heavy atom. The third-order valence-electron chi connectivity index (χ3n) is 1.99. The quantitative estimate of drug-likeness (QED) is 0.577. The van der Waals surface area contributed by atoms with Gasteiger partial charge in [-0.05, 0) is 6.92 Å². The standard InChI is InChI=1S/C9H13N3O2/c1-4-6(2)12-5-11-7(8(12)10)9(13)14-3/h4-6H,1,10H2,2-3H3. The number of imidazole rings is 1. The van der Waals surface area contributed by atoms with Crippen molar-refractivity contribution in [2.45, 2.75) is 13.0 Å². The first-order valence-corrected chi connectivity index (χ1v) is 4.15. The number of rotatable bonds is 3. The van der Waals surface area contributed by atoms with Gasteiger partial charge in [-0.2, -0.15) is 0 Å². The van der Waals surface area contributed by atoms with Crippen molar-refractivity contribution in [3.05, 3.63) is 24.7 Å². The molecule has 0 saturated heterocycles. The molecule has 0 aliphatic rings. The van der Waals surface area contributed by atoms with Crippen LogP contribution in [0.15, 0.2) is 19.0 Å². The number of hydrogen-bond acceptors (Lipinski definition) is 4. The van der Waals surface area contributed by atoms with Crippen molar-refractivity contribution < 1.29 is 9.53 Å². The smallest absolute Gasteiger partial charge is 0.360 e. The summed E-state index contributed by atoms with van der Waals surface area (Å²) in [5.41, 5.74) is 5.85. The lowest BCUT2D eigenvalue weighted by molar-refractivity contribution is 0.0596. The molecule has 1 aromatic rings. The molecule has 1 rings (SSSR count). The molecule has 1 heterocycles. The molecule has 0 aliphatic carbocycles. The molecule has 1 atom stereocenters. The molecule has 76 valence electrons. The number of carbonyl (C=O) groups is 1. The van der Waals surface area contributed by atoms with E-state index in [1.807, 2.05) is 6.92 Å². The first-order chi connectivity index (χ1) is 6.61. The fourth-order valence-corrected chi connectivity index (χ4v) is 1.06. The number of esters is 1. The van der Waals surface area contributed by atoms with E-state index in [0.29, 0.717) is 5.82 Å². The molecule has 0 aliphatic heterocycles. The van der Waals surface area contributed by atoms with Gasteiger partial charge in [-0.1, -0.05) is 6.08 Å². The van der Waals surface area contributed by atoms with Crippen molar-refractivity contribution >= 4 is 11.8 Å². The number of ether oxygens (including phenoxy) is 1. The van der Waals surface area contributed by atoms with E-state index >= 15 is 0 Å². The summed E-state index contributed by atoms with van der Waals surface area (Å²) >= 11 is 0. The van der Waals surface area contributed by atoms with Gasteiger partial charge in [0.1, 0.15) is 5.82 Å². The zero-order valence-corrected chi connectivity index (χ0v) is 8.23. The number of hydrogen-bond donors (Lipinski definition) is 1. The maximum Gasteiger partial charge on any atom is 0.360 e. The number of methoxy groups -OCH3 is 1. The second kappa shape index (κ2) is 3.95. The summed E-state index contributed by atoms with van der Waals surface area (Å²) in [5, 5.41) is 0. The third kappa shape index (κ3) is 1.61. The van der Waals surface area contributed by atoms with Crippen LogP contribution in [0.3, 0.4) is 0 Å². The van der Waals surface area contributed by atoms with Crippen LogP contribution >= 0.6 is 0 Å². The van der Waals surface area contributed by atoms with E-state index in [1.165, 1.54) is 13.4 Å². The van der Waals surface area contributed by atoms with Crippen molar-refractivity contribution in [2.75, 3.05) is 12.8 Å². The van der Waals surface area contributed by atoms with Gasteiger partial charge < -0.3 is 15.0 Å². The SMILES string of the molecule is C=CC(C)n1cnc(C(=O)OC)c1N. The summed E-state index contributed by atoms with van der Waals surface area (Å²) in [6.07, 6.45) is 3.20. The van der Waals surface area contributed by atoms with Crippen LogP contribution in [-0.4, -0.2) is 22.6 Å². The topological polar surface area (TPSA) is 70.1 Å². The third-order valence-corrected chi connectivity index (χ3v) is 1.99. The highest BCUT2D eigenvalue weighted by atomic mass is 16.5. The Hall–Kier alpha value is -1.78. The molecule has 0 bridgehead atoms. The Balaban J connectivity index is 3.08. The predicted octanol–water partition coefficient (Wildman–Crippen LogP) is 0.999. The number of aromatic nitrogens is 2. The molecule has 0 fully saturated rings. The van der Waals surface area contributed by atoms with E-state index in [0.717, 1.165) is 0 Å². The molecule has 5 heteroatoms. The average molecular weight is 195 g/mol. The summed E-state index contributed by atoms with van der Waals surface area (Å²) in [5.74, 6) is -0.234. The molecule has 0 saturated carbocycles. The first-order valence-electron chi connectivity index (χ1n) is 4.15. The molecule has 1 unspecified atom stereocenters. The molecule has 0 spiro atoms. The van der Waals surface area contributed by atoms with Gasteiger partial charge in [0.2, 0.25) is 0 Å². The lowest BCUT2D eigenvalue weighted by atomic mass is 10.3. The molecule has 0 radical (unpaired) electrons. The molecular weight excluding hydrogens is 182 g/mol. The van der Waals surface area contributed by atoms with E-state index in [-0.39, 0.29) is 11.7 Å². The minimum atomic E-state index is -0.530. The first kappa shape index (κ1) is 10.3. The molecule has 1 aromatic heterocycles. The molecule has 0 aromatic carbocycles. The number of allylic oxidation sites excluding steroid dienone is 1. The Morgan fingerprint density at radius 3 is 3.00 bits per heavy atom. The van der Waals surface area contributed by atoms with Crippen LogP contribution < -0.4 is 5.73 Å². The van der Waals surface area contributed by atoms with E-state index in [9.17, 15) is 4.79 Å². The molecular formula is C9H13N3O2. The molecule has 2 N–H and O–H groups in total. The summed E-state index contributed by atoms with van der Waals surface area (Å²) in [4.78, 5) is 15.0. The summed E-state index contributed by atoms with van der Waals surface area (Å²) < 4.78 is 6.18. The monoisotopic (exact) mass is 195 g/mol. The Morgan fingerprint density at radius 1 is 1.86 bits per heavy atom. The fraction of sp³-hybridized carbons (Fsp3) is 0.333. The minimum absolute atomic E-state index is 0.000839. The zero-order valence-electron chi connectivity index (χ0n) is 8.23. The van der Waals surface area contributed by atoms with Crippen LogP contribution in [0.5, 0.6) is 0 Å². The summed E-state index contributed by atoms with van der Waals surface area (Å²) in [7, 11) is 1.29. The largest absolute Gasteiger partial charge is 0.464 e. The molecule has 0 amide bonds. The van der Waals surface area contributed by atoms with Gasteiger partial charge in [0.25, 0.3) is 0 Å². The van der Waals surface area contributed by atoms with Crippen LogP contribution in [-0.2, 0) is 4.74 Å². The Kier molecular flexibility index (Phi) is 2.91. The van der Waals surface area contributed by atoms with Gasteiger partial charge in [0.05, 0.1) is 19.5 Å². The number of nitrogens with zero attached hydrogens (tertiary/aromatic N) is 2. The van der Waals surface area contributed by atoms with Gasteiger partial charge in [-0.15, -0.1) is 6.58 Å². The molecule has 5 nitrogen and oxygen atoms in total. The Labute approximate surface area is 82.2 Å². The van der Waals surface area contributed by atoms with Crippen molar-refractivity contribution in [1.29, 1.82) is 0 Å². The van der Waals surface area contributed by atoms with Crippen LogP contribution in [0.2, 0.25) is 0 Å². The van der Waals surface area contributed by atoms with E-state index in [4.69, 9.17) is 5.73 Å². The lowest BCUT2D eigenvalue weighted by Crippen LogP contribution is -2.09. The second-order valence-corrected chi connectivity index (χ2v) is 2.85. The van der Waals surface area contributed by atoms with Crippen molar-refractivity contribution in [3.8, 4) is 0 Å². The minimum Gasteiger partial charge on any atom is -0.464 e. The highest BCUT2D eigenvalue weighted by molar-refractivity contribution is 5.92. The average Bonchev–Trinajstić information content (AvgIpc) is 2.58. The second-order valence-electron chi connectivity index (χ2n) is 2.85. The van der Waals surface area contributed by atoms with E-state index < -0.39 is 5.97 Å². The van der Waals surface area contributed by atoms with Gasteiger partial charge in [0, 0.05) is 0 Å². The highest BCUT2D eigenvalue weighted by Crippen LogP contribution is 2.17. The number of anilines is 1. The zero-order chi connectivity index (χ0) is 10.7. The number of nitrogen functional groups attached to an aromatic ring is 1. The van der Waals surface area contributed by atoms with Crippen LogP contribution in [0.1, 0.15) is 23.5 Å². The van der Waals surface area contributed by atoms with E-state index in [2.05, 4.69) is 16.3 Å². The van der Waals surface area contributed by atoms with Crippen molar-refractivity contribution in [1.82, 2.24) is 9.55 Å².